The van der Waals surface area contributed by atoms with E-state index < -0.39 is 16.7 Å². The van der Waals surface area contributed by atoms with Crippen molar-refractivity contribution in [2.75, 3.05) is 0 Å². The Balaban J connectivity index is 1.85. The SMILES string of the molecule is O=C1C(=Cc2ccc([N+](=O)[O-])cc2)SC(=S)N1C(=O)c1cccnc1. The fraction of sp³-hybridized carbons (Fsp3) is 0. The van der Waals surface area contributed by atoms with Crippen molar-refractivity contribution in [2.24, 2.45) is 0 Å². The molecular weight excluding hydrogens is 362 g/mol. The predicted octanol–water partition coefficient (Wildman–Crippen LogP) is 3.03. The van der Waals surface area contributed by atoms with Gasteiger partial charge in [0.05, 0.1) is 15.4 Å². The molecule has 1 saturated heterocycles. The van der Waals surface area contributed by atoms with E-state index in [1.54, 1.807) is 18.2 Å². The van der Waals surface area contributed by atoms with E-state index in [1.807, 2.05) is 0 Å². The summed E-state index contributed by atoms with van der Waals surface area (Å²) in [5.74, 6) is -1.06. The highest BCUT2D eigenvalue weighted by Gasteiger charge is 2.37. The zero-order valence-corrected chi connectivity index (χ0v) is 14.1. The zero-order chi connectivity index (χ0) is 18.0. The number of thioether (sulfide) groups is 1. The van der Waals surface area contributed by atoms with Crippen LogP contribution in [-0.2, 0) is 4.79 Å². The van der Waals surface area contributed by atoms with Gasteiger partial charge in [-0.15, -0.1) is 0 Å². The lowest BCUT2D eigenvalue weighted by Gasteiger charge is -2.11. The van der Waals surface area contributed by atoms with E-state index in [1.165, 1.54) is 36.7 Å². The van der Waals surface area contributed by atoms with E-state index in [-0.39, 0.29) is 20.5 Å². The molecule has 25 heavy (non-hydrogen) atoms. The number of pyridine rings is 1. The summed E-state index contributed by atoms with van der Waals surface area (Å²) in [6.07, 6.45) is 4.43. The molecule has 1 aromatic heterocycles. The summed E-state index contributed by atoms with van der Waals surface area (Å²) >= 11 is 6.14. The molecule has 1 fully saturated rings. The lowest BCUT2D eigenvalue weighted by atomic mass is 10.2. The number of amides is 2. The largest absolute Gasteiger partial charge is 0.273 e. The first kappa shape index (κ1) is 16.9. The molecule has 2 heterocycles. The molecule has 0 aliphatic carbocycles. The number of aromatic nitrogens is 1. The highest BCUT2D eigenvalue weighted by atomic mass is 32.2. The molecule has 0 spiro atoms. The van der Waals surface area contributed by atoms with Crippen LogP contribution in [0, 0.1) is 10.1 Å². The number of non-ortho nitro benzene ring substituents is 1. The van der Waals surface area contributed by atoms with Crippen LogP contribution in [-0.4, -0.2) is 30.9 Å². The van der Waals surface area contributed by atoms with Crippen molar-refractivity contribution in [3.63, 3.8) is 0 Å². The molecule has 1 aromatic carbocycles. The van der Waals surface area contributed by atoms with Crippen molar-refractivity contribution in [3.05, 3.63) is 74.9 Å². The van der Waals surface area contributed by atoms with Crippen molar-refractivity contribution in [1.82, 2.24) is 9.88 Å². The van der Waals surface area contributed by atoms with Gasteiger partial charge >= 0.3 is 0 Å². The van der Waals surface area contributed by atoms with E-state index in [2.05, 4.69) is 4.98 Å². The molecular formula is C16H9N3O4S2. The predicted molar refractivity (Wildman–Crippen MR) is 96.7 cm³/mol. The van der Waals surface area contributed by atoms with Gasteiger partial charge in [0, 0.05) is 24.5 Å². The molecule has 0 unspecified atom stereocenters. The molecule has 3 rings (SSSR count). The van der Waals surface area contributed by atoms with Crippen molar-refractivity contribution < 1.29 is 14.5 Å². The van der Waals surface area contributed by atoms with E-state index in [4.69, 9.17) is 12.2 Å². The minimum Gasteiger partial charge on any atom is -0.268 e. The summed E-state index contributed by atoms with van der Waals surface area (Å²) in [5.41, 5.74) is 0.812. The van der Waals surface area contributed by atoms with E-state index in [9.17, 15) is 19.7 Å². The second-order valence-electron chi connectivity index (χ2n) is 4.91. The summed E-state index contributed by atoms with van der Waals surface area (Å²) < 4.78 is 0.131. The van der Waals surface area contributed by atoms with Crippen LogP contribution in [0.3, 0.4) is 0 Å². The molecule has 2 amide bonds. The van der Waals surface area contributed by atoms with Crippen molar-refractivity contribution >= 4 is 51.9 Å². The molecule has 0 atom stereocenters. The van der Waals surface area contributed by atoms with Gasteiger partial charge in [0.25, 0.3) is 17.5 Å². The number of rotatable bonds is 3. The molecule has 1 aliphatic heterocycles. The zero-order valence-electron chi connectivity index (χ0n) is 12.5. The van der Waals surface area contributed by atoms with Gasteiger partial charge in [-0.2, -0.15) is 0 Å². The molecule has 0 bridgehead atoms. The fourth-order valence-electron chi connectivity index (χ4n) is 2.10. The van der Waals surface area contributed by atoms with Crippen LogP contribution < -0.4 is 0 Å². The number of carbonyl (C=O) groups is 2. The minimum absolute atomic E-state index is 0.0449. The van der Waals surface area contributed by atoms with Gasteiger partial charge in [0.15, 0.2) is 4.32 Å². The summed E-state index contributed by atoms with van der Waals surface area (Å²) in [5, 5.41) is 10.7. The Bertz CT molecular complexity index is 911. The second kappa shape index (κ2) is 6.91. The number of nitrogens with zero attached hydrogens (tertiary/aromatic N) is 3. The molecule has 0 N–H and O–H groups in total. The average molecular weight is 371 g/mol. The van der Waals surface area contributed by atoms with Gasteiger partial charge < -0.3 is 0 Å². The topological polar surface area (TPSA) is 93.4 Å². The number of hydrogen-bond acceptors (Lipinski definition) is 7. The Morgan fingerprint density at radius 3 is 2.60 bits per heavy atom. The van der Waals surface area contributed by atoms with Gasteiger partial charge in [-0.05, 0) is 35.9 Å². The quantitative estimate of drug-likeness (QED) is 0.269. The standard InChI is InChI=1S/C16H9N3O4S2/c20-14(11-2-1-7-17-9-11)18-15(21)13(25-16(18)24)8-10-3-5-12(6-4-10)19(22)23/h1-9H. The van der Waals surface area contributed by atoms with Gasteiger partial charge in [-0.1, -0.05) is 24.0 Å². The van der Waals surface area contributed by atoms with Crippen LogP contribution in [0.1, 0.15) is 15.9 Å². The highest BCUT2D eigenvalue weighted by molar-refractivity contribution is 8.26. The highest BCUT2D eigenvalue weighted by Crippen LogP contribution is 2.33. The van der Waals surface area contributed by atoms with Crippen LogP contribution in [0.25, 0.3) is 6.08 Å². The average Bonchev–Trinajstić information content (AvgIpc) is 2.89. The lowest BCUT2D eigenvalue weighted by molar-refractivity contribution is -0.384. The van der Waals surface area contributed by atoms with E-state index >= 15 is 0 Å². The molecule has 7 nitrogen and oxygen atoms in total. The molecule has 9 heteroatoms. The Hall–Kier alpha value is -2.91. The third-order valence-electron chi connectivity index (χ3n) is 3.31. The summed E-state index contributed by atoms with van der Waals surface area (Å²) in [4.78, 5) is 40.2. The minimum atomic E-state index is -0.539. The normalized spacial score (nSPS) is 15.7. The number of nitro benzene ring substituents is 1. The van der Waals surface area contributed by atoms with Crippen molar-refractivity contribution in [1.29, 1.82) is 0 Å². The number of carbonyl (C=O) groups excluding carboxylic acids is 2. The van der Waals surface area contributed by atoms with Gasteiger partial charge in [-0.3, -0.25) is 24.7 Å². The summed E-state index contributed by atoms with van der Waals surface area (Å²) in [6, 6.07) is 8.87. The van der Waals surface area contributed by atoms with Gasteiger partial charge in [-0.25, -0.2) is 4.90 Å². The number of hydrogen-bond donors (Lipinski definition) is 0. The van der Waals surface area contributed by atoms with Crippen LogP contribution in [0.15, 0.2) is 53.7 Å². The van der Waals surface area contributed by atoms with Crippen LogP contribution in [0.2, 0.25) is 0 Å². The Labute approximate surface area is 151 Å². The van der Waals surface area contributed by atoms with Crippen molar-refractivity contribution in [3.8, 4) is 0 Å². The molecule has 0 saturated carbocycles. The van der Waals surface area contributed by atoms with Crippen LogP contribution >= 0.6 is 24.0 Å². The third-order valence-corrected chi connectivity index (χ3v) is 4.61. The number of nitro groups is 1. The molecule has 1 aliphatic rings. The number of benzene rings is 1. The van der Waals surface area contributed by atoms with Gasteiger partial charge in [0.2, 0.25) is 0 Å². The number of imide groups is 1. The maximum absolute atomic E-state index is 12.5. The first-order valence-corrected chi connectivity index (χ1v) is 8.16. The Morgan fingerprint density at radius 1 is 1.28 bits per heavy atom. The monoisotopic (exact) mass is 371 g/mol. The molecule has 124 valence electrons. The maximum atomic E-state index is 12.5. The molecule has 0 radical (unpaired) electrons. The van der Waals surface area contributed by atoms with Crippen LogP contribution in [0.4, 0.5) is 5.69 Å². The number of thiocarbonyl (C=S) groups is 1. The lowest BCUT2D eigenvalue weighted by Crippen LogP contribution is -2.34. The first-order valence-electron chi connectivity index (χ1n) is 6.94. The van der Waals surface area contributed by atoms with E-state index in [0.717, 1.165) is 16.7 Å². The third kappa shape index (κ3) is 3.47. The fourth-order valence-corrected chi connectivity index (χ4v) is 3.36. The second-order valence-corrected chi connectivity index (χ2v) is 6.59. The first-order chi connectivity index (χ1) is 12.0. The Kier molecular flexibility index (Phi) is 4.68. The summed E-state index contributed by atoms with van der Waals surface area (Å²) in [6.45, 7) is 0. The summed E-state index contributed by atoms with van der Waals surface area (Å²) in [7, 11) is 0. The maximum Gasteiger partial charge on any atom is 0.273 e. The van der Waals surface area contributed by atoms with E-state index in [0.29, 0.717) is 5.56 Å². The Morgan fingerprint density at radius 2 is 2.00 bits per heavy atom. The smallest absolute Gasteiger partial charge is 0.268 e. The molecule has 2 aromatic rings. The van der Waals surface area contributed by atoms with Crippen LogP contribution in [0.5, 0.6) is 0 Å². The van der Waals surface area contributed by atoms with Crippen molar-refractivity contribution in [2.45, 2.75) is 0 Å². The van der Waals surface area contributed by atoms with Gasteiger partial charge in [0.1, 0.15) is 0 Å².